The van der Waals surface area contributed by atoms with E-state index in [9.17, 15) is 9.90 Å². The van der Waals surface area contributed by atoms with Gasteiger partial charge in [0.2, 0.25) is 0 Å². The van der Waals surface area contributed by atoms with Gasteiger partial charge in [0.25, 0.3) is 0 Å². The van der Waals surface area contributed by atoms with Crippen molar-refractivity contribution in [2.45, 2.75) is 12.5 Å². The Bertz CT molecular complexity index is 447. The van der Waals surface area contributed by atoms with E-state index in [4.69, 9.17) is 19.9 Å². The van der Waals surface area contributed by atoms with Crippen LogP contribution in [-0.2, 0) is 16.1 Å². The van der Waals surface area contributed by atoms with Crippen molar-refractivity contribution >= 4 is 5.97 Å². The molecular weight excluding hydrogens is 250 g/mol. The first-order chi connectivity index (χ1) is 9.08. The minimum atomic E-state index is -1.00. The van der Waals surface area contributed by atoms with Gasteiger partial charge in [-0.3, -0.25) is 4.79 Å². The number of carboxylic acids is 1. The normalized spacial score (nSPS) is 12.0. The molecule has 6 heteroatoms. The Kier molecular flexibility index (Phi) is 5.59. The highest BCUT2D eigenvalue weighted by atomic mass is 16.5. The van der Waals surface area contributed by atoms with E-state index in [1.54, 1.807) is 19.2 Å². The number of methoxy groups -OCH3 is 3. The van der Waals surface area contributed by atoms with Crippen LogP contribution in [0.2, 0.25) is 0 Å². The molecule has 6 nitrogen and oxygen atoms in total. The Labute approximate surface area is 112 Å². The Hall–Kier alpha value is -1.79. The first-order valence-electron chi connectivity index (χ1n) is 5.75. The van der Waals surface area contributed by atoms with E-state index in [0.29, 0.717) is 23.7 Å². The number of benzene rings is 1. The monoisotopic (exact) mass is 269 g/mol. The molecule has 0 aliphatic heterocycles. The van der Waals surface area contributed by atoms with Crippen molar-refractivity contribution in [3.63, 3.8) is 0 Å². The molecule has 19 heavy (non-hydrogen) atoms. The highest BCUT2D eigenvalue weighted by Gasteiger charge is 2.25. The summed E-state index contributed by atoms with van der Waals surface area (Å²) in [6, 6.07) is 3.38. The molecule has 0 fully saturated rings. The second-order valence-corrected chi connectivity index (χ2v) is 3.97. The molecule has 0 amide bonds. The van der Waals surface area contributed by atoms with Gasteiger partial charge in [-0.25, -0.2) is 0 Å². The summed E-state index contributed by atoms with van der Waals surface area (Å²) in [5.74, 6) is -0.832. The topological polar surface area (TPSA) is 91.0 Å². The molecular formula is C13H19NO5. The number of carboxylic acid groups (broad SMARTS) is 1. The lowest BCUT2D eigenvalue weighted by Gasteiger charge is -2.19. The van der Waals surface area contributed by atoms with Gasteiger partial charge in [-0.05, 0) is 12.1 Å². The lowest BCUT2D eigenvalue weighted by Crippen LogP contribution is -2.22. The zero-order valence-electron chi connectivity index (χ0n) is 11.3. The largest absolute Gasteiger partial charge is 0.497 e. The SMILES string of the molecule is COCc1cc(OC)cc(C(CN)C(=O)O)c1OC. The van der Waals surface area contributed by atoms with Crippen LogP contribution in [0.3, 0.4) is 0 Å². The number of hydrogen-bond donors (Lipinski definition) is 2. The number of nitrogens with two attached hydrogens (primary N) is 1. The van der Waals surface area contributed by atoms with Gasteiger partial charge in [0, 0.05) is 24.8 Å². The maximum Gasteiger partial charge on any atom is 0.312 e. The van der Waals surface area contributed by atoms with Crippen LogP contribution in [0.1, 0.15) is 17.0 Å². The molecule has 1 unspecified atom stereocenters. The van der Waals surface area contributed by atoms with Crippen LogP contribution in [0.25, 0.3) is 0 Å². The highest BCUT2D eigenvalue weighted by Crippen LogP contribution is 2.34. The quantitative estimate of drug-likeness (QED) is 0.766. The van der Waals surface area contributed by atoms with Crippen molar-refractivity contribution in [1.29, 1.82) is 0 Å². The number of hydrogen-bond acceptors (Lipinski definition) is 5. The maximum atomic E-state index is 11.3. The molecule has 1 rings (SSSR count). The number of carbonyl (C=O) groups is 1. The fourth-order valence-electron chi connectivity index (χ4n) is 1.93. The number of aliphatic carboxylic acids is 1. The van der Waals surface area contributed by atoms with E-state index in [1.165, 1.54) is 14.2 Å². The summed E-state index contributed by atoms with van der Waals surface area (Å²) in [5, 5.41) is 9.22. The fraction of sp³-hybridized carbons (Fsp3) is 0.462. The Morgan fingerprint density at radius 3 is 2.42 bits per heavy atom. The van der Waals surface area contributed by atoms with Crippen LogP contribution in [0.5, 0.6) is 11.5 Å². The molecule has 0 heterocycles. The molecule has 0 aromatic heterocycles. The number of ether oxygens (including phenoxy) is 3. The van der Waals surface area contributed by atoms with Gasteiger partial charge in [0.05, 0.1) is 26.7 Å². The summed E-state index contributed by atoms with van der Waals surface area (Å²) >= 11 is 0. The van der Waals surface area contributed by atoms with Crippen LogP contribution in [0.4, 0.5) is 0 Å². The molecule has 0 spiro atoms. The molecule has 3 N–H and O–H groups in total. The molecule has 0 saturated carbocycles. The molecule has 0 bridgehead atoms. The van der Waals surface area contributed by atoms with Gasteiger partial charge in [-0.15, -0.1) is 0 Å². The fourth-order valence-corrected chi connectivity index (χ4v) is 1.93. The van der Waals surface area contributed by atoms with Crippen molar-refractivity contribution in [3.05, 3.63) is 23.3 Å². The Balaban J connectivity index is 3.41. The summed E-state index contributed by atoms with van der Waals surface area (Å²) < 4.78 is 15.6. The number of rotatable bonds is 7. The van der Waals surface area contributed by atoms with Gasteiger partial charge in [0.1, 0.15) is 11.5 Å². The van der Waals surface area contributed by atoms with Crippen molar-refractivity contribution in [2.24, 2.45) is 5.73 Å². The van der Waals surface area contributed by atoms with Gasteiger partial charge in [-0.1, -0.05) is 0 Å². The first kappa shape index (κ1) is 15.3. The van der Waals surface area contributed by atoms with Gasteiger partial charge < -0.3 is 25.1 Å². The molecule has 0 aliphatic rings. The Morgan fingerprint density at radius 2 is 2.00 bits per heavy atom. The van der Waals surface area contributed by atoms with E-state index in [2.05, 4.69) is 0 Å². The zero-order valence-corrected chi connectivity index (χ0v) is 11.3. The summed E-state index contributed by atoms with van der Waals surface area (Å²) in [4.78, 5) is 11.3. The van der Waals surface area contributed by atoms with Crippen LogP contribution in [0, 0.1) is 0 Å². The molecule has 0 aliphatic carbocycles. The van der Waals surface area contributed by atoms with Crippen LogP contribution in [-0.4, -0.2) is 38.9 Å². The molecule has 1 atom stereocenters. The van der Waals surface area contributed by atoms with Crippen molar-refractivity contribution < 1.29 is 24.1 Å². The average Bonchev–Trinajstić information content (AvgIpc) is 2.39. The van der Waals surface area contributed by atoms with E-state index < -0.39 is 11.9 Å². The minimum absolute atomic E-state index is 0.0225. The van der Waals surface area contributed by atoms with E-state index in [-0.39, 0.29) is 6.54 Å². The standard InChI is InChI=1S/C13H19NO5/c1-17-7-8-4-9(18-2)5-10(12(8)19-3)11(6-14)13(15)16/h4-5,11H,6-7,14H2,1-3H3,(H,15,16). The lowest BCUT2D eigenvalue weighted by molar-refractivity contribution is -0.138. The molecule has 0 radical (unpaired) electrons. The van der Waals surface area contributed by atoms with Crippen LogP contribution < -0.4 is 15.2 Å². The van der Waals surface area contributed by atoms with Gasteiger partial charge >= 0.3 is 5.97 Å². The summed E-state index contributed by atoms with van der Waals surface area (Å²) in [6.07, 6.45) is 0. The third kappa shape index (κ3) is 3.36. The zero-order chi connectivity index (χ0) is 14.4. The maximum absolute atomic E-state index is 11.3. The van der Waals surface area contributed by atoms with E-state index in [1.807, 2.05) is 0 Å². The van der Waals surface area contributed by atoms with Gasteiger partial charge in [-0.2, -0.15) is 0 Å². The summed E-state index contributed by atoms with van der Waals surface area (Å²) in [7, 11) is 4.55. The van der Waals surface area contributed by atoms with Crippen molar-refractivity contribution in [3.8, 4) is 11.5 Å². The van der Waals surface area contributed by atoms with E-state index in [0.717, 1.165) is 5.56 Å². The predicted octanol–water partition coefficient (Wildman–Crippen LogP) is 0.977. The molecule has 1 aromatic carbocycles. The average molecular weight is 269 g/mol. The van der Waals surface area contributed by atoms with Gasteiger partial charge in [0.15, 0.2) is 0 Å². The summed E-state index contributed by atoms with van der Waals surface area (Å²) in [5.41, 5.74) is 6.75. The minimum Gasteiger partial charge on any atom is -0.497 e. The smallest absolute Gasteiger partial charge is 0.312 e. The van der Waals surface area contributed by atoms with E-state index >= 15 is 0 Å². The molecule has 0 saturated heterocycles. The third-order valence-electron chi connectivity index (χ3n) is 2.82. The summed E-state index contributed by atoms with van der Waals surface area (Å²) in [6.45, 7) is 0.273. The highest BCUT2D eigenvalue weighted by molar-refractivity contribution is 5.78. The predicted molar refractivity (Wildman–Crippen MR) is 69.7 cm³/mol. The van der Waals surface area contributed by atoms with Crippen molar-refractivity contribution in [1.82, 2.24) is 0 Å². The first-order valence-corrected chi connectivity index (χ1v) is 5.75. The molecule has 1 aromatic rings. The second kappa shape index (κ2) is 6.96. The third-order valence-corrected chi connectivity index (χ3v) is 2.82. The Morgan fingerprint density at radius 1 is 1.32 bits per heavy atom. The van der Waals surface area contributed by atoms with Crippen LogP contribution >= 0.6 is 0 Å². The van der Waals surface area contributed by atoms with Crippen LogP contribution in [0.15, 0.2) is 12.1 Å². The second-order valence-electron chi connectivity index (χ2n) is 3.97. The lowest BCUT2D eigenvalue weighted by atomic mass is 9.95. The molecule has 106 valence electrons. The van der Waals surface area contributed by atoms with Crippen molar-refractivity contribution in [2.75, 3.05) is 27.9 Å².